The molecular weight excluding hydrogens is 196 g/mol. The van der Waals surface area contributed by atoms with Gasteiger partial charge in [0.05, 0.1) is 11.7 Å². The van der Waals surface area contributed by atoms with Crippen molar-refractivity contribution in [3.63, 3.8) is 0 Å². The Bertz CT molecular complexity index is 274. The fourth-order valence-electron chi connectivity index (χ4n) is 2.12. The van der Waals surface area contributed by atoms with Crippen LogP contribution in [0.5, 0.6) is 0 Å². The second kappa shape index (κ2) is 4.33. The van der Waals surface area contributed by atoms with Crippen molar-refractivity contribution in [3.05, 3.63) is 12.2 Å². The number of aliphatic hydroxyl groups is 2. The third-order valence-electron chi connectivity index (χ3n) is 3.28. The number of rotatable bonds is 3. The van der Waals surface area contributed by atoms with Gasteiger partial charge in [-0.15, -0.1) is 0 Å². The van der Waals surface area contributed by atoms with Gasteiger partial charge in [0.25, 0.3) is 0 Å². The Labute approximate surface area is 89.2 Å². The molecule has 0 saturated heterocycles. The predicted octanol–water partition coefficient (Wildman–Crippen LogP) is 0.929. The van der Waals surface area contributed by atoms with Gasteiger partial charge in [-0.3, -0.25) is 0 Å². The molecule has 1 saturated carbocycles. The zero-order valence-corrected chi connectivity index (χ0v) is 8.94. The standard InChI is InChI=1S/C11H18O4/c1-7(10(13)14)6-11(15)4-3-9(12)5-8(11)2/h8-9,12,15H,1,3-6H2,2H3,(H,13,14). The van der Waals surface area contributed by atoms with E-state index in [4.69, 9.17) is 5.11 Å². The summed E-state index contributed by atoms with van der Waals surface area (Å²) in [5.74, 6) is -1.17. The number of hydrogen-bond acceptors (Lipinski definition) is 3. The monoisotopic (exact) mass is 214 g/mol. The third-order valence-corrected chi connectivity index (χ3v) is 3.28. The molecule has 1 aliphatic carbocycles. The Hall–Kier alpha value is -0.870. The van der Waals surface area contributed by atoms with Crippen molar-refractivity contribution in [1.29, 1.82) is 0 Å². The van der Waals surface area contributed by atoms with Crippen LogP contribution in [0.4, 0.5) is 0 Å². The van der Waals surface area contributed by atoms with Crippen LogP contribution in [0, 0.1) is 5.92 Å². The zero-order chi connectivity index (χ0) is 11.6. The third kappa shape index (κ3) is 2.79. The Balaban J connectivity index is 2.66. The largest absolute Gasteiger partial charge is 0.478 e. The van der Waals surface area contributed by atoms with E-state index in [2.05, 4.69) is 6.58 Å². The first-order chi connectivity index (χ1) is 6.85. The molecule has 0 aliphatic heterocycles. The molecule has 0 heterocycles. The predicted molar refractivity (Wildman–Crippen MR) is 55.4 cm³/mol. The molecule has 15 heavy (non-hydrogen) atoms. The first-order valence-electron chi connectivity index (χ1n) is 5.16. The van der Waals surface area contributed by atoms with E-state index < -0.39 is 11.6 Å². The number of carboxylic acids is 1. The average molecular weight is 214 g/mol. The highest BCUT2D eigenvalue weighted by Gasteiger charge is 2.39. The lowest BCUT2D eigenvalue weighted by atomic mass is 9.72. The van der Waals surface area contributed by atoms with Crippen LogP contribution in [0.1, 0.15) is 32.6 Å². The normalized spacial score (nSPS) is 36.2. The second-order valence-corrected chi connectivity index (χ2v) is 4.52. The topological polar surface area (TPSA) is 77.8 Å². The summed E-state index contributed by atoms with van der Waals surface area (Å²) in [5, 5.41) is 28.4. The quantitative estimate of drug-likeness (QED) is 0.611. The zero-order valence-electron chi connectivity index (χ0n) is 8.94. The van der Waals surface area contributed by atoms with Gasteiger partial charge in [0.15, 0.2) is 0 Å². The number of aliphatic carboxylic acids is 1. The minimum atomic E-state index is -1.07. The molecule has 1 rings (SSSR count). The van der Waals surface area contributed by atoms with Crippen molar-refractivity contribution in [2.75, 3.05) is 0 Å². The van der Waals surface area contributed by atoms with E-state index >= 15 is 0 Å². The Morgan fingerprint density at radius 2 is 2.20 bits per heavy atom. The van der Waals surface area contributed by atoms with Crippen molar-refractivity contribution in [2.24, 2.45) is 5.92 Å². The molecule has 0 aromatic rings. The molecule has 0 aromatic carbocycles. The van der Waals surface area contributed by atoms with Crippen LogP contribution < -0.4 is 0 Å². The van der Waals surface area contributed by atoms with E-state index in [1.54, 1.807) is 0 Å². The van der Waals surface area contributed by atoms with Crippen LogP contribution >= 0.6 is 0 Å². The summed E-state index contributed by atoms with van der Waals surface area (Å²) >= 11 is 0. The summed E-state index contributed by atoms with van der Waals surface area (Å²) in [7, 11) is 0. The van der Waals surface area contributed by atoms with E-state index in [0.717, 1.165) is 0 Å². The van der Waals surface area contributed by atoms with Gasteiger partial charge in [-0.25, -0.2) is 4.79 Å². The van der Waals surface area contributed by atoms with E-state index in [1.165, 1.54) is 0 Å². The van der Waals surface area contributed by atoms with Gasteiger partial charge >= 0.3 is 5.97 Å². The highest BCUT2D eigenvalue weighted by Crippen LogP contribution is 2.37. The SMILES string of the molecule is C=C(CC1(O)CCC(O)CC1C)C(=O)O. The van der Waals surface area contributed by atoms with Gasteiger partial charge in [0.1, 0.15) is 0 Å². The molecule has 4 heteroatoms. The van der Waals surface area contributed by atoms with E-state index in [0.29, 0.717) is 19.3 Å². The molecule has 0 spiro atoms. The second-order valence-electron chi connectivity index (χ2n) is 4.52. The minimum Gasteiger partial charge on any atom is -0.478 e. The lowest BCUT2D eigenvalue weighted by Crippen LogP contribution is -2.43. The lowest BCUT2D eigenvalue weighted by Gasteiger charge is -2.40. The summed E-state index contributed by atoms with van der Waals surface area (Å²) in [6.45, 7) is 5.26. The van der Waals surface area contributed by atoms with E-state index in [-0.39, 0.29) is 24.0 Å². The summed E-state index contributed by atoms with van der Waals surface area (Å²) in [5.41, 5.74) is -0.991. The van der Waals surface area contributed by atoms with Gasteiger partial charge in [-0.2, -0.15) is 0 Å². The highest BCUT2D eigenvalue weighted by atomic mass is 16.4. The first-order valence-corrected chi connectivity index (χ1v) is 5.16. The number of hydrogen-bond donors (Lipinski definition) is 3. The molecule has 4 nitrogen and oxygen atoms in total. The molecule has 0 amide bonds. The van der Waals surface area contributed by atoms with Gasteiger partial charge in [-0.1, -0.05) is 13.5 Å². The molecule has 1 fully saturated rings. The van der Waals surface area contributed by atoms with Crippen LogP contribution in [0.25, 0.3) is 0 Å². The summed E-state index contributed by atoms with van der Waals surface area (Å²) in [6.07, 6.45) is 1.17. The molecule has 0 radical (unpaired) electrons. The molecule has 3 N–H and O–H groups in total. The van der Waals surface area contributed by atoms with Gasteiger partial charge < -0.3 is 15.3 Å². The summed E-state index contributed by atoms with van der Waals surface area (Å²) < 4.78 is 0. The van der Waals surface area contributed by atoms with Crippen molar-refractivity contribution in [1.82, 2.24) is 0 Å². The highest BCUT2D eigenvalue weighted by molar-refractivity contribution is 5.85. The fourth-order valence-corrected chi connectivity index (χ4v) is 2.12. The number of carbonyl (C=O) groups is 1. The van der Waals surface area contributed by atoms with Gasteiger partial charge in [0.2, 0.25) is 0 Å². The van der Waals surface area contributed by atoms with Gasteiger partial charge in [-0.05, 0) is 25.2 Å². The van der Waals surface area contributed by atoms with Crippen molar-refractivity contribution in [3.8, 4) is 0 Å². The van der Waals surface area contributed by atoms with Crippen molar-refractivity contribution >= 4 is 5.97 Å². The summed E-state index contributed by atoms with van der Waals surface area (Å²) in [6, 6.07) is 0. The van der Waals surface area contributed by atoms with Crippen LogP contribution in [-0.4, -0.2) is 33.0 Å². The molecule has 0 bridgehead atoms. The molecule has 86 valence electrons. The summed E-state index contributed by atoms with van der Waals surface area (Å²) in [4.78, 5) is 10.6. The smallest absolute Gasteiger partial charge is 0.331 e. The maximum atomic E-state index is 10.6. The molecular formula is C11H18O4. The van der Waals surface area contributed by atoms with Crippen molar-refractivity contribution < 1.29 is 20.1 Å². The van der Waals surface area contributed by atoms with Crippen LogP contribution in [0.2, 0.25) is 0 Å². The van der Waals surface area contributed by atoms with Crippen LogP contribution in [0.15, 0.2) is 12.2 Å². The van der Waals surface area contributed by atoms with E-state index in [1.807, 2.05) is 6.92 Å². The molecule has 1 aliphatic rings. The molecule has 0 aromatic heterocycles. The average Bonchev–Trinajstić information content (AvgIpc) is 2.12. The maximum Gasteiger partial charge on any atom is 0.331 e. The van der Waals surface area contributed by atoms with Crippen molar-refractivity contribution in [2.45, 2.75) is 44.3 Å². The van der Waals surface area contributed by atoms with Gasteiger partial charge in [0, 0.05) is 12.0 Å². The Morgan fingerprint density at radius 1 is 1.60 bits per heavy atom. The van der Waals surface area contributed by atoms with Crippen LogP contribution in [0.3, 0.4) is 0 Å². The molecule has 3 atom stereocenters. The number of aliphatic hydroxyl groups excluding tert-OH is 1. The lowest BCUT2D eigenvalue weighted by molar-refractivity contribution is -0.134. The minimum absolute atomic E-state index is 0.0285. The Kier molecular flexibility index (Phi) is 3.52. The number of carboxylic acid groups (broad SMARTS) is 1. The molecule has 3 unspecified atom stereocenters. The fraction of sp³-hybridized carbons (Fsp3) is 0.727. The first kappa shape index (κ1) is 12.2. The maximum absolute atomic E-state index is 10.6. The van der Waals surface area contributed by atoms with Crippen LogP contribution in [-0.2, 0) is 4.79 Å². The van der Waals surface area contributed by atoms with E-state index in [9.17, 15) is 15.0 Å². The Morgan fingerprint density at radius 3 is 2.67 bits per heavy atom.